The normalized spacial score (nSPS) is 12.2. The molecule has 0 aromatic carbocycles. The lowest BCUT2D eigenvalue weighted by atomic mass is 10.0. The number of carboxylic acids is 1. The second-order valence-corrected chi connectivity index (χ2v) is 3.03. The third kappa shape index (κ3) is 6.13. The van der Waals surface area contributed by atoms with Gasteiger partial charge < -0.3 is 10.4 Å². The van der Waals surface area contributed by atoms with E-state index in [0.29, 0.717) is 13.0 Å². The van der Waals surface area contributed by atoms with E-state index >= 15 is 0 Å². The number of aliphatic carboxylic acids is 1. The monoisotopic (exact) mass is 187 g/mol. The Balaban J connectivity index is 3.71. The third-order valence-corrected chi connectivity index (χ3v) is 1.95. The summed E-state index contributed by atoms with van der Waals surface area (Å²) in [6.07, 6.45) is 1.35. The van der Waals surface area contributed by atoms with Crippen molar-refractivity contribution in [1.29, 1.82) is 0 Å². The van der Waals surface area contributed by atoms with Crippen molar-refractivity contribution in [1.82, 2.24) is 5.32 Å². The molecular weight excluding hydrogens is 170 g/mol. The molecule has 0 aliphatic rings. The Hall–Kier alpha value is -1.06. The predicted molar refractivity (Wildman–Crippen MR) is 49.3 cm³/mol. The number of hydrogen-bond acceptors (Lipinski definition) is 2. The Morgan fingerprint density at radius 3 is 2.38 bits per heavy atom. The van der Waals surface area contributed by atoms with Gasteiger partial charge in [0.2, 0.25) is 5.91 Å². The summed E-state index contributed by atoms with van der Waals surface area (Å²) in [5, 5.41) is 11.2. The van der Waals surface area contributed by atoms with Gasteiger partial charge in [-0.1, -0.05) is 20.3 Å². The summed E-state index contributed by atoms with van der Waals surface area (Å²) < 4.78 is 0. The van der Waals surface area contributed by atoms with Crippen molar-refractivity contribution in [2.45, 2.75) is 33.1 Å². The van der Waals surface area contributed by atoms with Crippen molar-refractivity contribution in [2.24, 2.45) is 5.92 Å². The molecule has 0 radical (unpaired) electrons. The molecule has 0 aromatic heterocycles. The average molecular weight is 187 g/mol. The first-order chi connectivity index (χ1) is 6.10. The van der Waals surface area contributed by atoms with Gasteiger partial charge in [-0.2, -0.15) is 0 Å². The first-order valence-electron chi connectivity index (χ1n) is 4.58. The standard InChI is InChI=1S/C9H17NO3/c1-3-7(5-9(12)13)6-10-8(11)4-2/h7H,3-6H2,1-2H3,(H,10,11)(H,12,13). The molecule has 4 heteroatoms. The van der Waals surface area contributed by atoms with Crippen molar-refractivity contribution in [3.05, 3.63) is 0 Å². The number of rotatable bonds is 6. The maximum absolute atomic E-state index is 10.9. The third-order valence-electron chi connectivity index (χ3n) is 1.95. The molecule has 0 heterocycles. The number of nitrogens with one attached hydrogen (secondary N) is 1. The van der Waals surface area contributed by atoms with Gasteiger partial charge >= 0.3 is 5.97 Å². The van der Waals surface area contributed by atoms with Crippen LogP contribution in [0.15, 0.2) is 0 Å². The van der Waals surface area contributed by atoms with Gasteiger partial charge in [-0.15, -0.1) is 0 Å². The summed E-state index contributed by atoms with van der Waals surface area (Å²) >= 11 is 0. The van der Waals surface area contributed by atoms with E-state index in [9.17, 15) is 9.59 Å². The second kappa shape index (κ2) is 6.46. The number of carboxylic acid groups (broad SMARTS) is 1. The highest BCUT2D eigenvalue weighted by atomic mass is 16.4. The van der Waals surface area contributed by atoms with E-state index in [-0.39, 0.29) is 18.2 Å². The van der Waals surface area contributed by atoms with Crippen molar-refractivity contribution < 1.29 is 14.7 Å². The van der Waals surface area contributed by atoms with Crippen LogP contribution >= 0.6 is 0 Å². The fourth-order valence-electron chi connectivity index (χ4n) is 0.991. The van der Waals surface area contributed by atoms with Gasteiger partial charge in [0, 0.05) is 19.4 Å². The first kappa shape index (κ1) is 11.9. The number of carbonyl (C=O) groups excluding carboxylic acids is 1. The molecule has 76 valence electrons. The van der Waals surface area contributed by atoms with Crippen molar-refractivity contribution >= 4 is 11.9 Å². The fourth-order valence-corrected chi connectivity index (χ4v) is 0.991. The Morgan fingerprint density at radius 2 is 2.00 bits per heavy atom. The van der Waals surface area contributed by atoms with Crippen molar-refractivity contribution in [2.75, 3.05) is 6.54 Å². The number of hydrogen-bond donors (Lipinski definition) is 2. The van der Waals surface area contributed by atoms with Gasteiger partial charge in [-0.3, -0.25) is 9.59 Å². The molecule has 0 fully saturated rings. The largest absolute Gasteiger partial charge is 0.481 e. The molecule has 0 saturated carbocycles. The minimum absolute atomic E-state index is 0.0242. The van der Waals surface area contributed by atoms with Crippen LogP contribution in [0.5, 0.6) is 0 Å². The Morgan fingerprint density at radius 1 is 1.38 bits per heavy atom. The summed E-state index contributed by atoms with van der Waals surface area (Å²) in [5.41, 5.74) is 0. The highest BCUT2D eigenvalue weighted by Crippen LogP contribution is 2.06. The molecule has 0 aliphatic heterocycles. The molecule has 0 aromatic rings. The van der Waals surface area contributed by atoms with Crippen LogP contribution in [-0.4, -0.2) is 23.5 Å². The smallest absolute Gasteiger partial charge is 0.303 e. The number of amides is 1. The summed E-state index contributed by atoms with van der Waals surface area (Å²) in [6, 6.07) is 0. The van der Waals surface area contributed by atoms with E-state index in [2.05, 4.69) is 5.32 Å². The molecule has 1 amide bonds. The molecule has 1 atom stereocenters. The van der Waals surface area contributed by atoms with Gasteiger partial charge in [0.1, 0.15) is 0 Å². The first-order valence-corrected chi connectivity index (χ1v) is 4.58. The van der Waals surface area contributed by atoms with Gasteiger partial charge in [0.15, 0.2) is 0 Å². The van der Waals surface area contributed by atoms with Crippen LogP contribution in [0.2, 0.25) is 0 Å². The van der Waals surface area contributed by atoms with E-state index in [1.807, 2.05) is 6.92 Å². The highest BCUT2D eigenvalue weighted by Gasteiger charge is 2.11. The van der Waals surface area contributed by atoms with Crippen LogP contribution in [0, 0.1) is 5.92 Å². The average Bonchev–Trinajstić information content (AvgIpc) is 2.10. The van der Waals surface area contributed by atoms with Crippen LogP contribution in [0.4, 0.5) is 0 Å². The summed E-state index contributed by atoms with van der Waals surface area (Å²) in [6.45, 7) is 4.16. The molecular formula is C9H17NO3. The maximum atomic E-state index is 10.9. The minimum Gasteiger partial charge on any atom is -0.481 e. The molecule has 0 rings (SSSR count). The zero-order valence-corrected chi connectivity index (χ0v) is 8.17. The molecule has 0 aliphatic carbocycles. The molecule has 0 bridgehead atoms. The zero-order valence-electron chi connectivity index (χ0n) is 8.17. The van der Waals surface area contributed by atoms with Crippen LogP contribution in [-0.2, 0) is 9.59 Å². The van der Waals surface area contributed by atoms with Crippen LogP contribution in [0.1, 0.15) is 33.1 Å². The predicted octanol–water partition coefficient (Wildman–Crippen LogP) is 1.01. The topological polar surface area (TPSA) is 66.4 Å². The molecule has 4 nitrogen and oxygen atoms in total. The Labute approximate surface area is 78.3 Å². The van der Waals surface area contributed by atoms with Gasteiger partial charge in [-0.05, 0) is 5.92 Å². The zero-order chi connectivity index (χ0) is 10.3. The minimum atomic E-state index is -0.808. The molecule has 2 N–H and O–H groups in total. The van der Waals surface area contributed by atoms with Crippen LogP contribution < -0.4 is 5.32 Å². The quantitative estimate of drug-likeness (QED) is 0.652. The molecule has 0 spiro atoms. The molecule has 1 unspecified atom stereocenters. The Kier molecular flexibility index (Phi) is 5.93. The second-order valence-electron chi connectivity index (χ2n) is 3.03. The molecule has 0 saturated heterocycles. The van der Waals surface area contributed by atoms with Crippen molar-refractivity contribution in [3.8, 4) is 0 Å². The van der Waals surface area contributed by atoms with Crippen LogP contribution in [0.3, 0.4) is 0 Å². The lowest BCUT2D eigenvalue weighted by Crippen LogP contribution is -2.29. The fraction of sp³-hybridized carbons (Fsp3) is 0.778. The van der Waals surface area contributed by atoms with Gasteiger partial charge in [0.25, 0.3) is 0 Å². The van der Waals surface area contributed by atoms with Gasteiger partial charge in [0.05, 0.1) is 0 Å². The Bertz CT molecular complexity index is 180. The maximum Gasteiger partial charge on any atom is 0.303 e. The highest BCUT2D eigenvalue weighted by molar-refractivity contribution is 5.75. The van der Waals surface area contributed by atoms with Gasteiger partial charge in [-0.25, -0.2) is 0 Å². The lowest BCUT2D eigenvalue weighted by Gasteiger charge is -2.12. The molecule has 13 heavy (non-hydrogen) atoms. The van der Waals surface area contributed by atoms with E-state index in [0.717, 1.165) is 6.42 Å². The van der Waals surface area contributed by atoms with E-state index in [1.165, 1.54) is 0 Å². The number of carbonyl (C=O) groups is 2. The summed E-state index contributed by atoms with van der Waals surface area (Å²) in [7, 11) is 0. The van der Waals surface area contributed by atoms with Crippen LogP contribution in [0.25, 0.3) is 0 Å². The van der Waals surface area contributed by atoms with Crippen molar-refractivity contribution in [3.63, 3.8) is 0 Å². The lowest BCUT2D eigenvalue weighted by molar-refractivity contribution is -0.138. The summed E-state index contributed by atoms with van der Waals surface area (Å²) in [5.74, 6) is -0.783. The SMILES string of the molecule is CCC(=O)NCC(CC)CC(=O)O. The van der Waals surface area contributed by atoms with E-state index in [4.69, 9.17) is 5.11 Å². The van der Waals surface area contributed by atoms with E-state index < -0.39 is 5.97 Å². The summed E-state index contributed by atoms with van der Waals surface area (Å²) in [4.78, 5) is 21.2. The van der Waals surface area contributed by atoms with E-state index in [1.54, 1.807) is 6.92 Å².